The average Bonchev–Trinajstić information content (AvgIpc) is 3.15. The first-order chi connectivity index (χ1) is 12.1. The number of pyridine rings is 1. The van der Waals surface area contributed by atoms with Crippen molar-refractivity contribution in [1.29, 1.82) is 0 Å². The molecular formula is C21H15NO3. The van der Waals surface area contributed by atoms with E-state index in [-0.39, 0.29) is 5.56 Å². The number of nitrogens with zero attached hydrogens (tertiary/aromatic N) is 1. The molecule has 2 aromatic carbocycles. The van der Waals surface area contributed by atoms with Gasteiger partial charge in [-0.2, -0.15) is 0 Å². The Balaban J connectivity index is 1.91. The lowest BCUT2D eigenvalue weighted by molar-refractivity contribution is 0.0699. The van der Waals surface area contributed by atoms with E-state index in [9.17, 15) is 9.90 Å². The zero-order valence-corrected chi connectivity index (χ0v) is 13.6. The molecule has 0 bridgehead atoms. The number of carboxylic acid groups (broad SMARTS) is 1. The first kappa shape index (κ1) is 15.1. The number of fused-ring (bicyclic) bond motifs is 1. The molecule has 4 heteroatoms. The SMILES string of the molecule is Cc1ccc2nc(-c3cccc(-c4ccco4)c3)cc(C(=O)O)c2c1. The molecule has 0 saturated carbocycles. The summed E-state index contributed by atoms with van der Waals surface area (Å²) < 4.78 is 5.44. The number of aromatic nitrogens is 1. The van der Waals surface area contributed by atoms with Crippen LogP contribution < -0.4 is 0 Å². The summed E-state index contributed by atoms with van der Waals surface area (Å²) in [6.07, 6.45) is 1.63. The van der Waals surface area contributed by atoms with Crippen molar-refractivity contribution in [3.63, 3.8) is 0 Å². The molecule has 0 aliphatic carbocycles. The number of aryl methyl sites for hydroxylation is 1. The fraction of sp³-hybridized carbons (Fsp3) is 0.0476. The first-order valence-electron chi connectivity index (χ1n) is 7.91. The quantitative estimate of drug-likeness (QED) is 0.563. The second-order valence-electron chi connectivity index (χ2n) is 5.94. The van der Waals surface area contributed by atoms with Crippen molar-refractivity contribution in [1.82, 2.24) is 4.98 Å². The number of carboxylic acids is 1. The Hall–Kier alpha value is -3.40. The summed E-state index contributed by atoms with van der Waals surface area (Å²) >= 11 is 0. The molecule has 1 N–H and O–H groups in total. The van der Waals surface area contributed by atoms with Gasteiger partial charge in [0, 0.05) is 16.5 Å². The van der Waals surface area contributed by atoms with Gasteiger partial charge in [0.1, 0.15) is 5.76 Å². The highest BCUT2D eigenvalue weighted by Gasteiger charge is 2.14. The van der Waals surface area contributed by atoms with Gasteiger partial charge in [0.15, 0.2) is 0 Å². The Morgan fingerprint density at radius 1 is 1.00 bits per heavy atom. The van der Waals surface area contributed by atoms with Gasteiger partial charge in [0.2, 0.25) is 0 Å². The zero-order chi connectivity index (χ0) is 17.4. The van der Waals surface area contributed by atoms with Crippen molar-refractivity contribution in [3.8, 4) is 22.6 Å². The van der Waals surface area contributed by atoms with Crippen LogP contribution in [0.25, 0.3) is 33.5 Å². The van der Waals surface area contributed by atoms with Gasteiger partial charge in [-0.3, -0.25) is 0 Å². The minimum Gasteiger partial charge on any atom is -0.478 e. The van der Waals surface area contributed by atoms with Gasteiger partial charge in [-0.05, 0) is 43.3 Å². The van der Waals surface area contributed by atoms with Crippen LogP contribution in [0.1, 0.15) is 15.9 Å². The van der Waals surface area contributed by atoms with Gasteiger partial charge in [0.05, 0.1) is 23.0 Å². The molecule has 2 heterocycles. The van der Waals surface area contributed by atoms with Gasteiger partial charge < -0.3 is 9.52 Å². The molecule has 4 rings (SSSR count). The predicted octanol–water partition coefficient (Wildman–Crippen LogP) is 5.17. The van der Waals surface area contributed by atoms with Gasteiger partial charge >= 0.3 is 5.97 Å². The number of benzene rings is 2. The molecule has 0 atom stereocenters. The summed E-state index contributed by atoms with van der Waals surface area (Å²) in [6.45, 7) is 1.94. The second-order valence-corrected chi connectivity index (χ2v) is 5.94. The number of furan rings is 1. The number of carbonyl (C=O) groups is 1. The van der Waals surface area contributed by atoms with Crippen LogP contribution in [0.4, 0.5) is 0 Å². The summed E-state index contributed by atoms with van der Waals surface area (Å²) in [5.41, 5.74) is 4.33. The van der Waals surface area contributed by atoms with Crippen LogP contribution in [0, 0.1) is 6.92 Å². The van der Waals surface area contributed by atoms with Crippen molar-refractivity contribution < 1.29 is 14.3 Å². The molecule has 0 aliphatic rings. The maximum Gasteiger partial charge on any atom is 0.336 e. The molecule has 0 aliphatic heterocycles. The smallest absolute Gasteiger partial charge is 0.336 e. The largest absolute Gasteiger partial charge is 0.478 e. The molecule has 2 aromatic heterocycles. The summed E-state index contributed by atoms with van der Waals surface area (Å²) in [6, 6.07) is 18.7. The van der Waals surface area contributed by atoms with E-state index in [4.69, 9.17) is 4.42 Å². The van der Waals surface area contributed by atoms with Gasteiger partial charge in [-0.25, -0.2) is 9.78 Å². The molecule has 122 valence electrons. The fourth-order valence-corrected chi connectivity index (χ4v) is 2.94. The van der Waals surface area contributed by atoms with Gasteiger partial charge in [-0.1, -0.05) is 29.8 Å². The van der Waals surface area contributed by atoms with Crippen LogP contribution in [0.3, 0.4) is 0 Å². The van der Waals surface area contributed by atoms with Crippen molar-refractivity contribution in [2.24, 2.45) is 0 Å². The lowest BCUT2D eigenvalue weighted by Gasteiger charge is -2.09. The Morgan fingerprint density at radius 3 is 2.60 bits per heavy atom. The standard InChI is InChI=1S/C21H15NO3/c1-13-7-8-18-16(10-13)17(21(23)24)12-19(22-18)14-4-2-5-15(11-14)20-6-3-9-25-20/h2-12H,1H3,(H,23,24). The van der Waals surface area contributed by atoms with Crippen molar-refractivity contribution in [3.05, 3.63) is 78.1 Å². The molecule has 0 fully saturated rings. The number of rotatable bonds is 3. The Morgan fingerprint density at radius 2 is 1.84 bits per heavy atom. The monoisotopic (exact) mass is 329 g/mol. The van der Waals surface area contributed by atoms with Crippen LogP contribution in [-0.2, 0) is 0 Å². The molecule has 0 unspecified atom stereocenters. The molecule has 0 spiro atoms. The van der Waals surface area contributed by atoms with E-state index >= 15 is 0 Å². The van der Waals surface area contributed by atoms with E-state index in [0.717, 1.165) is 22.5 Å². The third kappa shape index (κ3) is 2.78. The lowest BCUT2D eigenvalue weighted by Crippen LogP contribution is -2.00. The third-order valence-electron chi connectivity index (χ3n) is 4.16. The molecule has 0 amide bonds. The van der Waals surface area contributed by atoms with E-state index in [1.54, 1.807) is 12.3 Å². The average molecular weight is 329 g/mol. The predicted molar refractivity (Wildman–Crippen MR) is 96.6 cm³/mol. The maximum atomic E-state index is 11.7. The van der Waals surface area contributed by atoms with Crippen molar-refractivity contribution in [2.75, 3.05) is 0 Å². The minimum absolute atomic E-state index is 0.257. The minimum atomic E-state index is -0.957. The van der Waals surface area contributed by atoms with E-state index < -0.39 is 5.97 Å². The van der Waals surface area contributed by atoms with Gasteiger partial charge in [0.25, 0.3) is 0 Å². The van der Waals surface area contributed by atoms with Crippen LogP contribution in [-0.4, -0.2) is 16.1 Å². The van der Waals surface area contributed by atoms with Gasteiger partial charge in [-0.15, -0.1) is 0 Å². The zero-order valence-electron chi connectivity index (χ0n) is 13.6. The highest BCUT2D eigenvalue weighted by atomic mass is 16.4. The molecule has 0 radical (unpaired) electrons. The lowest BCUT2D eigenvalue weighted by atomic mass is 10.0. The maximum absolute atomic E-state index is 11.7. The second kappa shape index (κ2) is 5.91. The molecular weight excluding hydrogens is 314 g/mol. The summed E-state index contributed by atoms with van der Waals surface area (Å²) in [5, 5.41) is 10.3. The fourth-order valence-electron chi connectivity index (χ4n) is 2.94. The van der Waals surface area contributed by atoms with Crippen LogP contribution in [0.15, 0.2) is 71.3 Å². The van der Waals surface area contributed by atoms with Crippen molar-refractivity contribution >= 4 is 16.9 Å². The summed E-state index contributed by atoms with van der Waals surface area (Å²) in [7, 11) is 0. The van der Waals surface area contributed by atoms with E-state index in [1.807, 2.05) is 61.5 Å². The molecule has 4 aromatic rings. The first-order valence-corrected chi connectivity index (χ1v) is 7.91. The van der Waals surface area contributed by atoms with E-state index in [1.165, 1.54) is 0 Å². The van der Waals surface area contributed by atoms with Crippen LogP contribution in [0.2, 0.25) is 0 Å². The highest BCUT2D eigenvalue weighted by Crippen LogP contribution is 2.29. The Bertz CT molecular complexity index is 1080. The third-order valence-corrected chi connectivity index (χ3v) is 4.16. The molecule has 4 nitrogen and oxygen atoms in total. The topological polar surface area (TPSA) is 63.3 Å². The molecule has 0 saturated heterocycles. The number of hydrogen-bond donors (Lipinski definition) is 1. The summed E-state index contributed by atoms with van der Waals surface area (Å²) in [4.78, 5) is 16.4. The van der Waals surface area contributed by atoms with Crippen LogP contribution >= 0.6 is 0 Å². The van der Waals surface area contributed by atoms with E-state index in [0.29, 0.717) is 16.6 Å². The van der Waals surface area contributed by atoms with Crippen molar-refractivity contribution in [2.45, 2.75) is 6.92 Å². The summed E-state index contributed by atoms with van der Waals surface area (Å²) in [5.74, 6) is -0.196. The number of hydrogen-bond acceptors (Lipinski definition) is 3. The highest BCUT2D eigenvalue weighted by molar-refractivity contribution is 6.04. The Kier molecular flexibility index (Phi) is 3.58. The normalized spacial score (nSPS) is 10.9. The number of aromatic carboxylic acids is 1. The van der Waals surface area contributed by atoms with E-state index in [2.05, 4.69) is 4.98 Å². The van der Waals surface area contributed by atoms with Crippen LogP contribution in [0.5, 0.6) is 0 Å². The Labute approximate surface area is 144 Å². The molecule has 25 heavy (non-hydrogen) atoms.